The van der Waals surface area contributed by atoms with Crippen molar-refractivity contribution >= 4 is 23.1 Å². The van der Waals surface area contributed by atoms with Gasteiger partial charge in [0.1, 0.15) is 0 Å². The second-order valence-electron chi connectivity index (χ2n) is 4.84. The van der Waals surface area contributed by atoms with Crippen LogP contribution >= 0.6 is 12.2 Å². The highest BCUT2D eigenvalue weighted by Crippen LogP contribution is 2.13. The van der Waals surface area contributed by atoms with Crippen molar-refractivity contribution in [1.29, 1.82) is 0 Å². The summed E-state index contributed by atoms with van der Waals surface area (Å²) in [5.41, 5.74) is 7.35. The molecule has 0 spiro atoms. The molecule has 19 heavy (non-hydrogen) atoms. The number of thiocarbonyl (C=S) groups is 1. The average Bonchev–Trinajstić information content (AvgIpc) is 2.38. The highest BCUT2D eigenvalue weighted by Gasteiger charge is 2.20. The molecule has 1 amide bonds. The summed E-state index contributed by atoms with van der Waals surface area (Å²) < 4.78 is 0. The van der Waals surface area contributed by atoms with Crippen molar-refractivity contribution in [3.05, 3.63) is 35.4 Å². The Hall–Kier alpha value is -1.42. The van der Waals surface area contributed by atoms with E-state index in [0.29, 0.717) is 18.0 Å². The standard InChI is InChI=1S/C15H22N2OS/c1-4-12(3)17(9-8-14(16)19)15(18)13-7-5-6-11(2)10-13/h5-7,10,12H,4,8-9H2,1-3H3,(H2,16,19). The Balaban J connectivity index is 2.90. The third-order valence-corrected chi connectivity index (χ3v) is 3.45. The molecule has 1 aromatic carbocycles. The molecule has 0 aliphatic rings. The maximum absolute atomic E-state index is 12.6. The van der Waals surface area contributed by atoms with Crippen molar-refractivity contribution in [1.82, 2.24) is 4.90 Å². The van der Waals surface area contributed by atoms with Gasteiger partial charge in [-0.05, 0) is 32.4 Å². The highest BCUT2D eigenvalue weighted by atomic mass is 32.1. The summed E-state index contributed by atoms with van der Waals surface area (Å²) in [5.74, 6) is 0.0503. The smallest absolute Gasteiger partial charge is 0.254 e. The zero-order valence-corrected chi connectivity index (χ0v) is 12.7. The molecule has 0 heterocycles. The van der Waals surface area contributed by atoms with Crippen LogP contribution in [0.2, 0.25) is 0 Å². The number of aryl methyl sites for hydroxylation is 1. The normalized spacial score (nSPS) is 11.9. The molecular weight excluding hydrogens is 256 g/mol. The first-order chi connectivity index (χ1) is 8.95. The Morgan fingerprint density at radius 3 is 2.68 bits per heavy atom. The number of nitrogens with two attached hydrogens (primary N) is 1. The van der Waals surface area contributed by atoms with Gasteiger partial charge in [0.15, 0.2) is 0 Å². The molecule has 0 saturated carbocycles. The largest absolute Gasteiger partial charge is 0.393 e. The minimum absolute atomic E-state index is 0.0503. The molecular formula is C15H22N2OS. The summed E-state index contributed by atoms with van der Waals surface area (Å²) in [5, 5.41) is 0. The molecule has 0 fully saturated rings. The molecule has 1 rings (SSSR count). The molecule has 4 heteroatoms. The third kappa shape index (κ3) is 4.63. The first kappa shape index (κ1) is 15.6. The van der Waals surface area contributed by atoms with Crippen LogP contribution in [0, 0.1) is 6.92 Å². The molecule has 0 aromatic heterocycles. The molecule has 1 unspecified atom stereocenters. The van der Waals surface area contributed by atoms with Gasteiger partial charge in [0.2, 0.25) is 0 Å². The van der Waals surface area contributed by atoms with Gasteiger partial charge in [0, 0.05) is 24.6 Å². The minimum Gasteiger partial charge on any atom is -0.393 e. The summed E-state index contributed by atoms with van der Waals surface area (Å²) in [6, 6.07) is 7.84. The molecule has 0 radical (unpaired) electrons. The summed E-state index contributed by atoms with van der Waals surface area (Å²) in [4.78, 5) is 14.9. The maximum atomic E-state index is 12.6. The summed E-state index contributed by atoms with van der Waals surface area (Å²) in [6.45, 7) is 6.69. The topological polar surface area (TPSA) is 46.3 Å². The van der Waals surface area contributed by atoms with Crippen LogP contribution in [0.5, 0.6) is 0 Å². The van der Waals surface area contributed by atoms with Crippen LogP contribution < -0.4 is 5.73 Å². The van der Waals surface area contributed by atoms with Crippen molar-refractivity contribution in [2.45, 2.75) is 39.7 Å². The van der Waals surface area contributed by atoms with E-state index in [9.17, 15) is 4.79 Å². The molecule has 0 aliphatic carbocycles. The van der Waals surface area contributed by atoms with E-state index in [0.717, 1.165) is 17.5 Å². The molecule has 1 aromatic rings. The molecule has 0 bridgehead atoms. The van der Waals surface area contributed by atoms with E-state index in [1.807, 2.05) is 43.0 Å². The molecule has 2 N–H and O–H groups in total. The van der Waals surface area contributed by atoms with Gasteiger partial charge in [-0.15, -0.1) is 0 Å². The van der Waals surface area contributed by atoms with Crippen LogP contribution in [0.15, 0.2) is 24.3 Å². The lowest BCUT2D eigenvalue weighted by molar-refractivity contribution is 0.0694. The van der Waals surface area contributed by atoms with Crippen LogP contribution in [-0.2, 0) is 0 Å². The lowest BCUT2D eigenvalue weighted by Crippen LogP contribution is -2.40. The van der Waals surface area contributed by atoms with E-state index >= 15 is 0 Å². The van der Waals surface area contributed by atoms with E-state index in [1.165, 1.54) is 0 Å². The second kappa shape index (κ2) is 7.24. The van der Waals surface area contributed by atoms with Crippen LogP contribution in [0.1, 0.15) is 42.6 Å². The van der Waals surface area contributed by atoms with Crippen LogP contribution in [0.3, 0.4) is 0 Å². The van der Waals surface area contributed by atoms with Crippen LogP contribution in [0.4, 0.5) is 0 Å². The number of benzene rings is 1. The fraction of sp³-hybridized carbons (Fsp3) is 0.467. The zero-order chi connectivity index (χ0) is 14.4. The number of hydrogen-bond donors (Lipinski definition) is 1. The second-order valence-corrected chi connectivity index (χ2v) is 5.37. The SMILES string of the molecule is CCC(C)N(CCC(N)=S)C(=O)c1cccc(C)c1. The van der Waals surface area contributed by atoms with E-state index in [-0.39, 0.29) is 11.9 Å². The Bertz CT molecular complexity index is 459. The van der Waals surface area contributed by atoms with E-state index < -0.39 is 0 Å². The van der Waals surface area contributed by atoms with Gasteiger partial charge >= 0.3 is 0 Å². The van der Waals surface area contributed by atoms with Gasteiger partial charge in [-0.25, -0.2) is 0 Å². The van der Waals surface area contributed by atoms with E-state index in [2.05, 4.69) is 6.92 Å². The van der Waals surface area contributed by atoms with E-state index in [4.69, 9.17) is 18.0 Å². The third-order valence-electron chi connectivity index (χ3n) is 3.25. The predicted octanol–water partition coefficient (Wildman–Crippen LogP) is 2.91. The maximum Gasteiger partial charge on any atom is 0.254 e. The molecule has 0 aliphatic heterocycles. The monoisotopic (exact) mass is 278 g/mol. The van der Waals surface area contributed by atoms with Crippen molar-refractivity contribution in [2.75, 3.05) is 6.54 Å². The lowest BCUT2D eigenvalue weighted by atomic mass is 10.1. The van der Waals surface area contributed by atoms with Crippen molar-refractivity contribution < 1.29 is 4.79 Å². The number of carbonyl (C=O) groups excluding carboxylic acids is 1. The summed E-state index contributed by atoms with van der Waals surface area (Å²) in [7, 11) is 0. The van der Waals surface area contributed by atoms with Gasteiger partial charge in [0.25, 0.3) is 5.91 Å². The average molecular weight is 278 g/mol. The summed E-state index contributed by atoms with van der Waals surface area (Å²) in [6.07, 6.45) is 1.48. The van der Waals surface area contributed by atoms with Crippen molar-refractivity contribution in [2.24, 2.45) is 5.73 Å². The van der Waals surface area contributed by atoms with Crippen LogP contribution in [-0.4, -0.2) is 28.4 Å². The zero-order valence-electron chi connectivity index (χ0n) is 11.8. The number of carbonyl (C=O) groups is 1. The van der Waals surface area contributed by atoms with E-state index in [1.54, 1.807) is 0 Å². The quantitative estimate of drug-likeness (QED) is 0.814. The fourth-order valence-corrected chi connectivity index (χ4v) is 2.01. The first-order valence-electron chi connectivity index (χ1n) is 6.61. The van der Waals surface area contributed by atoms with Crippen LogP contribution in [0.25, 0.3) is 0 Å². The minimum atomic E-state index is 0.0503. The molecule has 3 nitrogen and oxygen atoms in total. The molecule has 1 atom stereocenters. The lowest BCUT2D eigenvalue weighted by Gasteiger charge is -2.28. The number of rotatable bonds is 6. The Kier molecular flexibility index (Phi) is 5.96. The summed E-state index contributed by atoms with van der Waals surface area (Å²) >= 11 is 4.90. The Morgan fingerprint density at radius 2 is 2.16 bits per heavy atom. The first-order valence-corrected chi connectivity index (χ1v) is 7.02. The molecule has 0 saturated heterocycles. The predicted molar refractivity (Wildman–Crippen MR) is 83.4 cm³/mol. The number of hydrogen-bond acceptors (Lipinski definition) is 2. The number of nitrogens with zero attached hydrogens (tertiary/aromatic N) is 1. The Labute approximate surface area is 120 Å². The Morgan fingerprint density at radius 1 is 1.47 bits per heavy atom. The fourth-order valence-electron chi connectivity index (χ4n) is 1.92. The van der Waals surface area contributed by atoms with Gasteiger partial charge in [0.05, 0.1) is 4.99 Å². The highest BCUT2D eigenvalue weighted by molar-refractivity contribution is 7.80. The van der Waals surface area contributed by atoms with Crippen molar-refractivity contribution in [3.63, 3.8) is 0 Å². The van der Waals surface area contributed by atoms with Gasteiger partial charge in [-0.3, -0.25) is 4.79 Å². The van der Waals surface area contributed by atoms with Crippen molar-refractivity contribution in [3.8, 4) is 0 Å². The van der Waals surface area contributed by atoms with Gasteiger partial charge in [-0.2, -0.15) is 0 Å². The van der Waals surface area contributed by atoms with Gasteiger partial charge in [-0.1, -0.05) is 36.8 Å². The number of amides is 1. The molecule has 104 valence electrons. The van der Waals surface area contributed by atoms with Gasteiger partial charge < -0.3 is 10.6 Å².